The van der Waals surface area contributed by atoms with Gasteiger partial charge < -0.3 is 14.1 Å². The van der Waals surface area contributed by atoms with E-state index in [-0.39, 0.29) is 11.7 Å². The lowest BCUT2D eigenvalue weighted by Crippen LogP contribution is -2.25. The molecular formula is C34H27FN4O4S. The Morgan fingerprint density at radius 1 is 0.977 bits per heavy atom. The van der Waals surface area contributed by atoms with Gasteiger partial charge in [-0.05, 0) is 43.3 Å². The summed E-state index contributed by atoms with van der Waals surface area (Å²) in [4.78, 5) is 18.3. The van der Waals surface area contributed by atoms with Crippen molar-refractivity contribution in [2.24, 2.45) is 0 Å². The van der Waals surface area contributed by atoms with Crippen LogP contribution < -0.4 is 9.62 Å². The summed E-state index contributed by atoms with van der Waals surface area (Å²) in [5.41, 5.74) is 5.78. The second kappa shape index (κ2) is 9.92. The Morgan fingerprint density at radius 3 is 2.48 bits per heavy atom. The number of carbonyl (C=O) groups excluding carboxylic acids is 1. The van der Waals surface area contributed by atoms with E-state index in [1.807, 2.05) is 66.1 Å². The minimum atomic E-state index is -3.70. The molecule has 7 rings (SSSR count). The third-order valence-corrected chi connectivity index (χ3v) is 9.28. The highest BCUT2D eigenvalue weighted by Gasteiger charge is 2.26. The van der Waals surface area contributed by atoms with Gasteiger partial charge in [-0.2, -0.15) is 0 Å². The van der Waals surface area contributed by atoms with Gasteiger partial charge in [-0.3, -0.25) is 9.10 Å². The number of aryl methyl sites for hydroxylation is 1. The summed E-state index contributed by atoms with van der Waals surface area (Å²) in [7, 11) is -0.684. The molecule has 0 aliphatic carbocycles. The summed E-state index contributed by atoms with van der Waals surface area (Å²) in [6, 6.07) is 23.3. The van der Waals surface area contributed by atoms with Crippen LogP contribution in [0.5, 0.6) is 0 Å². The second-order valence-corrected chi connectivity index (χ2v) is 12.9. The van der Waals surface area contributed by atoms with Gasteiger partial charge in [-0.1, -0.05) is 42.0 Å². The standard InChI is InChI=1S/C34H27FN4O4S/c1-19-8-10-21(11-9-19)33-31(34(40)36-2)24-16-23(28(18-30(24)43-33)38(3)44(4,41)42)26-13-12-20-14-15-39-27-7-5-6-25(35)22(27)17-29(39)32(20)37-26/h5-18H,1-4H3,(H,36,40). The van der Waals surface area contributed by atoms with E-state index in [2.05, 4.69) is 5.32 Å². The van der Waals surface area contributed by atoms with E-state index in [4.69, 9.17) is 9.40 Å². The Labute approximate surface area is 252 Å². The van der Waals surface area contributed by atoms with Crippen LogP contribution >= 0.6 is 0 Å². The van der Waals surface area contributed by atoms with Crippen LogP contribution in [0.4, 0.5) is 10.1 Å². The average molecular weight is 607 g/mol. The van der Waals surface area contributed by atoms with Crippen LogP contribution in [0.25, 0.3) is 60.9 Å². The first-order valence-corrected chi connectivity index (χ1v) is 15.7. The van der Waals surface area contributed by atoms with Crippen molar-refractivity contribution in [2.75, 3.05) is 24.7 Å². The molecule has 4 heterocycles. The summed E-state index contributed by atoms with van der Waals surface area (Å²) in [5, 5.41) is 4.53. The highest BCUT2D eigenvalue weighted by atomic mass is 32.2. The third kappa shape index (κ3) is 4.29. The van der Waals surface area contributed by atoms with E-state index in [9.17, 15) is 17.6 Å². The molecule has 0 aliphatic heterocycles. The lowest BCUT2D eigenvalue weighted by Gasteiger charge is -2.20. The van der Waals surface area contributed by atoms with Crippen LogP contribution in [0, 0.1) is 12.7 Å². The molecule has 0 spiro atoms. The summed E-state index contributed by atoms with van der Waals surface area (Å²) >= 11 is 0. The molecule has 3 aromatic carbocycles. The van der Waals surface area contributed by atoms with Gasteiger partial charge in [-0.15, -0.1) is 0 Å². The number of carbonyl (C=O) groups is 1. The summed E-state index contributed by atoms with van der Waals surface area (Å²) in [5.74, 6) is -0.298. The number of anilines is 1. The van der Waals surface area contributed by atoms with Gasteiger partial charge in [0.25, 0.3) is 5.91 Å². The monoisotopic (exact) mass is 606 g/mol. The predicted octanol–water partition coefficient (Wildman–Crippen LogP) is 6.92. The molecule has 0 unspecified atom stereocenters. The van der Waals surface area contributed by atoms with Gasteiger partial charge in [0.15, 0.2) is 0 Å². The molecule has 0 atom stereocenters. The number of aromatic nitrogens is 2. The van der Waals surface area contributed by atoms with Crippen LogP contribution in [0.1, 0.15) is 15.9 Å². The fourth-order valence-electron chi connectivity index (χ4n) is 5.71. The molecule has 220 valence electrons. The highest BCUT2D eigenvalue weighted by Crippen LogP contribution is 2.41. The van der Waals surface area contributed by atoms with E-state index in [1.54, 1.807) is 31.3 Å². The van der Waals surface area contributed by atoms with Gasteiger partial charge in [0.05, 0.1) is 39.8 Å². The van der Waals surface area contributed by atoms with Crippen molar-refractivity contribution in [3.05, 3.63) is 102 Å². The number of amides is 1. The normalized spacial score (nSPS) is 12.0. The number of furan rings is 1. The van der Waals surface area contributed by atoms with Crippen molar-refractivity contribution in [3.8, 4) is 22.6 Å². The molecule has 7 aromatic rings. The highest BCUT2D eigenvalue weighted by molar-refractivity contribution is 7.92. The first kappa shape index (κ1) is 27.6. The molecule has 0 saturated carbocycles. The molecule has 0 bridgehead atoms. The van der Waals surface area contributed by atoms with Gasteiger partial charge in [-0.25, -0.2) is 17.8 Å². The van der Waals surface area contributed by atoms with Gasteiger partial charge >= 0.3 is 0 Å². The molecule has 0 aliphatic rings. The number of nitrogens with zero attached hydrogens (tertiary/aromatic N) is 3. The van der Waals surface area contributed by atoms with Crippen LogP contribution in [0.2, 0.25) is 0 Å². The number of benzene rings is 3. The number of pyridine rings is 2. The second-order valence-electron chi connectivity index (χ2n) is 10.9. The summed E-state index contributed by atoms with van der Waals surface area (Å²) in [6.07, 6.45) is 3.00. The van der Waals surface area contributed by atoms with Crippen molar-refractivity contribution in [2.45, 2.75) is 6.92 Å². The number of sulfonamides is 1. The van der Waals surface area contributed by atoms with E-state index < -0.39 is 10.0 Å². The molecule has 0 fully saturated rings. The number of rotatable bonds is 5. The molecule has 4 aromatic heterocycles. The first-order valence-electron chi connectivity index (χ1n) is 13.9. The number of hydrogen-bond donors (Lipinski definition) is 1. The lowest BCUT2D eigenvalue weighted by atomic mass is 10.00. The van der Waals surface area contributed by atoms with Crippen molar-refractivity contribution < 1.29 is 22.0 Å². The molecule has 1 amide bonds. The Bertz CT molecular complexity index is 2410. The summed E-state index contributed by atoms with van der Waals surface area (Å²) in [6.45, 7) is 1.97. The molecule has 1 N–H and O–H groups in total. The Hall–Kier alpha value is -5.22. The quantitative estimate of drug-likeness (QED) is 0.229. The fraction of sp³-hybridized carbons (Fsp3) is 0.118. The first-order chi connectivity index (χ1) is 21.0. The maximum atomic E-state index is 14.7. The Kier molecular flexibility index (Phi) is 6.22. The van der Waals surface area contributed by atoms with E-state index in [0.717, 1.165) is 17.2 Å². The Balaban J connectivity index is 1.54. The smallest absolute Gasteiger partial charge is 0.255 e. The SMILES string of the molecule is CNC(=O)c1c(-c2ccc(C)cc2)oc2cc(N(C)S(C)(=O)=O)c(-c3ccc4ccn5c6cccc(F)c6cc5c4n3)cc12. The van der Waals surface area contributed by atoms with Crippen LogP contribution in [-0.2, 0) is 10.0 Å². The zero-order valence-corrected chi connectivity index (χ0v) is 25.2. The minimum absolute atomic E-state index is 0.330. The number of hydrogen-bond acceptors (Lipinski definition) is 5. The van der Waals surface area contributed by atoms with Crippen molar-refractivity contribution in [1.82, 2.24) is 14.7 Å². The molecule has 0 radical (unpaired) electrons. The number of nitrogens with one attached hydrogen (secondary N) is 1. The molecule has 44 heavy (non-hydrogen) atoms. The van der Waals surface area contributed by atoms with Gasteiger partial charge in [0.1, 0.15) is 17.2 Å². The average Bonchev–Trinajstić information content (AvgIpc) is 3.59. The van der Waals surface area contributed by atoms with Crippen molar-refractivity contribution in [3.63, 3.8) is 0 Å². The van der Waals surface area contributed by atoms with E-state index in [0.29, 0.717) is 66.7 Å². The number of halogens is 1. The fourth-order valence-corrected chi connectivity index (χ4v) is 6.22. The maximum absolute atomic E-state index is 14.7. The van der Waals surface area contributed by atoms with Crippen LogP contribution in [-0.4, -0.2) is 44.1 Å². The zero-order chi connectivity index (χ0) is 30.9. The predicted molar refractivity (Wildman–Crippen MR) is 172 cm³/mol. The van der Waals surface area contributed by atoms with E-state index >= 15 is 0 Å². The zero-order valence-electron chi connectivity index (χ0n) is 24.3. The van der Waals surface area contributed by atoms with Crippen LogP contribution in [0.3, 0.4) is 0 Å². The summed E-state index contributed by atoms with van der Waals surface area (Å²) < 4.78 is 49.7. The minimum Gasteiger partial charge on any atom is -0.455 e. The van der Waals surface area contributed by atoms with Gasteiger partial charge in [0, 0.05) is 53.6 Å². The third-order valence-electron chi connectivity index (χ3n) is 8.09. The topological polar surface area (TPSA) is 96.9 Å². The van der Waals surface area contributed by atoms with Crippen molar-refractivity contribution >= 4 is 59.9 Å². The van der Waals surface area contributed by atoms with Crippen molar-refractivity contribution in [1.29, 1.82) is 0 Å². The molecular weight excluding hydrogens is 579 g/mol. The lowest BCUT2D eigenvalue weighted by molar-refractivity contribution is 0.0964. The Morgan fingerprint density at radius 2 is 1.75 bits per heavy atom. The number of fused-ring (bicyclic) bond motifs is 6. The molecule has 8 nitrogen and oxygen atoms in total. The molecule has 10 heteroatoms. The molecule has 0 saturated heterocycles. The van der Waals surface area contributed by atoms with E-state index in [1.165, 1.54) is 17.4 Å². The largest absolute Gasteiger partial charge is 0.455 e. The van der Waals surface area contributed by atoms with Crippen LogP contribution in [0.15, 0.2) is 89.5 Å². The maximum Gasteiger partial charge on any atom is 0.255 e. The van der Waals surface area contributed by atoms with Gasteiger partial charge in [0.2, 0.25) is 10.0 Å².